The minimum absolute atomic E-state index is 0.0191. The van der Waals surface area contributed by atoms with Gasteiger partial charge in [-0.25, -0.2) is 0 Å². The molecule has 2 rings (SSSR count). The summed E-state index contributed by atoms with van der Waals surface area (Å²) in [5.74, 6) is -0.0191. The Morgan fingerprint density at radius 3 is 2.76 bits per heavy atom. The maximum absolute atomic E-state index is 12.1. The van der Waals surface area contributed by atoms with Gasteiger partial charge in [0.15, 0.2) is 0 Å². The van der Waals surface area contributed by atoms with E-state index in [1.165, 1.54) is 11.3 Å². The van der Waals surface area contributed by atoms with Crippen LogP contribution in [0, 0.1) is 0 Å². The molecule has 1 aliphatic heterocycles. The molecule has 0 fully saturated rings. The SMILES string of the molecule is CCC(N)(CC)C(=O)NCCCN1CCc2ccccc21. The lowest BCUT2D eigenvalue weighted by Crippen LogP contribution is -2.53. The molecule has 0 bridgehead atoms. The Bertz CT molecular complexity index is 483. The van der Waals surface area contributed by atoms with E-state index in [1.54, 1.807) is 0 Å². The van der Waals surface area contributed by atoms with Crippen molar-refractivity contribution in [3.05, 3.63) is 29.8 Å². The van der Waals surface area contributed by atoms with Crippen molar-refractivity contribution in [1.82, 2.24) is 5.32 Å². The summed E-state index contributed by atoms with van der Waals surface area (Å²) >= 11 is 0. The molecule has 0 saturated heterocycles. The van der Waals surface area contributed by atoms with Gasteiger partial charge in [-0.15, -0.1) is 0 Å². The number of carbonyl (C=O) groups excluding carboxylic acids is 1. The number of nitrogens with one attached hydrogen (secondary N) is 1. The Morgan fingerprint density at radius 1 is 1.33 bits per heavy atom. The fourth-order valence-electron chi connectivity index (χ4n) is 2.86. The van der Waals surface area contributed by atoms with E-state index in [0.717, 1.165) is 25.9 Å². The van der Waals surface area contributed by atoms with E-state index in [0.29, 0.717) is 19.4 Å². The Hall–Kier alpha value is -1.55. The van der Waals surface area contributed by atoms with Crippen LogP contribution in [0.25, 0.3) is 0 Å². The molecule has 0 aliphatic carbocycles. The first-order chi connectivity index (χ1) is 10.1. The molecule has 1 aliphatic rings. The maximum Gasteiger partial charge on any atom is 0.240 e. The van der Waals surface area contributed by atoms with Gasteiger partial charge in [-0.1, -0.05) is 32.0 Å². The van der Waals surface area contributed by atoms with Crippen LogP contribution in [0.5, 0.6) is 0 Å². The Balaban J connectivity index is 1.75. The number of anilines is 1. The fourth-order valence-corrected chi connectivity index (χ4v) is 2.86. The molecule has 0 radical (unpaired) electrons. The summed E-state index contributed by atoms with van der Waals surface area (Å²) in [6.07, 6.45) is 3.42. The van der Waals surface area contributed by atoms with Crippen LogP contribution in [-0.2, 0) is 11.2 Å². The third kappa shape index (κ3) is 3.56. The number of carbonyl (C=O) groups is 1. The van der Waals surface area contributed by atoms with Crippen molar-refractivity contribution in [2.45, 2.75) is 45.1 Å². The molecule has 21 heavy (non-hydrogen) atoms. The summed E-state index contributed by atoms with van der Waals surface area (Å²) in [6.45, 7) is 6.68. The molecule has 116 valence electrons. The first-order valence-corrected chi connectivity index (χ1v) is 8.00. The average molecular weight is 289 g/mol. The first kappa shape index (κ1) is 15.8. The number of fused-ring (bicyclic) bond motifs is 1. The zero-order valence-electron chi connectivity index (χ0n) is 13.2. The van der Waals surface area contributed by atoms with E-state index < -0.39 is 5.54 Å². The molecule has 0 aromatic heterocycles. The predicted molar refractivity (Wildman–Crippen MR) is 87.5 cm³/mol. The number of para-hydroxylation sites is 1. The first-order valence-electron chi connectivity index (χ1n) is 8.00. The largest absolute Gasteiger partial charge is 0.371 e. The topological polar surface area (TPSA) is 58.4 Å². The van der Waals surface area contributed by atoms with E-state index in [-0.39, 0.29) is 5.91 Å². The van der Waals surface area contributed by atoms with Gasteiger partial charge in [-0.3, -0.25) is 4.79 Å². The molecule has 1 aromatic carbocycles. The lowest BCUT2D eigenvalue weighted by atomic mass is 9.93. The zero-order valence-corrected chi connectivity index (χ0v) is 13.2. The number of nitrogens with zero attached hydrogens (tertiary/aromatic N) is 1. The molecular weight excluding hydrogens is 262 g/mol. The van der Waals surface area contributed by atoms with Gasteiger partial charge in [0.05, 0.1) is 5.54 Å². The molecule has 1 aromatic rings. The van der Waals surface area contributed by atoms with Crippen LogP contribution in [0.15, 0.2) is 24.3 Å². The molecule has 0 saturated carbocycles. The molecule has 3 N–H and O–H groups in total. The van der Waals surface area contributed by atoms with E-state index in [4.69, 9.17) is 5.73 Å². The summed E-state index contributed by atoms with van der Waals surface area (Å²) in [6, 6.07) is 8.56. The van der Waals surface area contributed by atoms with Crippen LogP contribution in [-0.4, -0.2) is 31.1 Å². The fraction of sp³-hybridized carbons (Fsp3) is 0.588. The molecule has 1 amide bonds. The van der Waals surface area contributed by atoms with Gasteiger partial charge < -0.3 is 16.0 Å². The van der Waals surface area contributed by atoms with E-state index >= 15 is 0 Å². The highest BCUT2D eigenvalue weighted by molar-refractivity contribution is 5.85. The maximum atomic E-state index is 12.1. The number of hydrogen-bond donors (Lipinski definition) is 2. The Morgan fingerprint density at radius 2 is 2.05 bits per heavy atom. The van der Waals surface area contributed by atoms with Crippen molar-refractivity contribution in [3.8, 4) is 0 Å². The van der Waals surface area contributed by atoms with Crippen LogP contribution in [0.4, 0.5) is 5.69 Å². The van der Waals surface area contributed by atoms with Gasteiger partial charge in [-0.05, 0) is 37.3 Å². The van der Waals surface area contributed by atoms with Gasteiger partial charge in [0.1, 0.15) is 0 Å². The lowest BCUT2D eigenvalue weighted by molar-refractivity contribution is -0.126. The molecule has 0 unspecified atom stereocenters. The average Bonchev–Trinajstić information content (AvgIpc) is 2.93. The summed E-state index contributed by atoms with van der Waals surface area (Å²) in [5.41, 5.74) is 8.15. The van der Waals surface area contributed by atoms with E-state index in [9.17, 15) is 4.79 Å². The van der Waals surface area contributed by atoms with Gasteiger partial charge in [0.25, 0.3) is 0 Å². The number of benzene rings is 1. The monoisotopic (exact) mass is 289 g/mol. The summed E-state index contributed by atoms with van der Waals surface area (Å²) < 4.78 is 0. The molecule has 4 nitrogen and oxygen atoms in total. The van der Waals surface area contributed by atoms with Crippen LogP contribution in [0.3, 0.4) is 0 Å². The number of nitrogens with two attached hydrogens (primary N) is 1. The lowest BCUT2D eigenvalue weighted by Gasteiger charge is -2.25. The van der Waals surface area contributed by atoms with Crippen LogP contribution in [0.1, 0.15) is 38.7 Å². The third-order valence-electron chi connectivity index (χ3n) is 4.59. The van der Waals surface area contributed by atoms with Crippen LogP contribution >= 0.6 is 0 Å². The van der Waals surface area contributed by atoms with Crippen LogP contribution < -0.4 is 16.0 Å². The quantitative estimate of drug-likeness (QED) is 0.756. The van der Waals surface area contributed by atoms with Gasteiger partial charge in [-0.2, -0.15) is 0 Å². The second-order valence-corrected chi connectivity index (χ2v) is 5.84. The smallest absolute Gasteiger partial charge is 0.240 e. The number of rotatable bonds is 7. The van der Waals surface area contributed by atoms with E-state index in [1.807, 2.05) is 13.8 Å². The molecule has 4 heteroatoms. The Kier molecular flexibility index (Phi) is 5.23. The molecule has 0 atom stereocenters. The third-order valence-corrected chi connectivity index (χ3v) is 4.59. The van der Waals surface area contributed by atoms with Crippen molar-refractivity contribution in [1.29, 1.82) is 0 Å². The minimum atomic E-state index is -0.708. The number of amides is 1. The summed E-state index contributed by atoms with van der Waals surface area (Å²) in [7, 11) is 0. The van der Waals surface area contributed by atoms with Gasteiger partial charge in [0, 0.05) is 25.3 Å². The predicted octanol–water partition coefficient (Wildman–Crippen LogP) is 2.07. The molecule has 0 spiro atoms. The van der Waals surface area contributed by atoms with Gasteiger partial charge >= 0.3 is 0 Å². The summed E-state index contributed by atoms with van der Waals surface area (Å²) in [5, 5.41) is 2.98. The second-order valence-electron chi connectivity index (χ2n) is 5.84. The van der Waals surface area contributed by atoms with Gasteiger partial charge in [0.2, 0.25) is 5.91 Å². The minimum Gasteiger partial charge on any atom is -0.371 e. The second kappa shape index (κ2) is 6.94. The van der Waals surface area contributed by atoms with Crippen molar-refractivity contribution >= 4 is 11.6 Å². The highest BCUT2D eigenvalue weighted by Crippen LogP contribution is 2.27. The van der Waals surface area contributed by atoms with Crippen molar-refractivity contribution in [2.24, 2.45) is 5.73 Å². The van der Waals surface area contributed by atoms with Crippen molar-refractivity contribution < 1.29 is 4.79 Å². The van der Waals surface area contributed by atoms with Crippen LogP contribution in [0.2, 0.25) is 0 Å². The summed E-state index contributed by atoms with van der Waals surface area (Å²) in [4.78, 5) is 14.5. The van der Waals surface area contributed by atoms with E-state index in [2.05, 4.69) is 34.5 Å². The molecular formula is C17H27N3O. The van der Waals surface area contributed by atoms with Crippen molar-refractivity contribution in [3.63, 3.8) is 0 Å². The zero-order chi connectivity index (χ0) is 15.3. The Labute approximate surface area is 127 Å². The number of hydrogen-bond acceptors (Lipinski definition) is 3. The highest BCUT2D eigenvalue weighted by atomic mass is 16.2. The molecule has 1 heterocycles. The van der Waals surface area contributed by atoms with Crippen molar-refractivity contribution in [2.75, 3.05) is 24.5 Å². The highest BCUT2D eigenvalue weighted by Gasteiger charge is 2.29. The standard InChI is InChI=1S/C17H27N3O/c1-3-17(18,4-2)16(21)19-11-7-12-20-13-10-14-8-5-6-9-15(14)20/h5-6,8-9H,3-4,7,10-13,18H2,1-2H3,(H,19,21). The normalized spacial score (nSPS) is 14.1.